The SMILES string of the molecule is C#CCOC(=O)c1cc(Br)nn1C. The van der Waals surface area contributed by atoms with Gasteiger partial charge in [-0.05, 0) is 15.9 Å². The Morgan fingerprint density at radius 3 is 3.08 bits per heavy atom. The number of nitrogens with zero attached hydrogens (tertiary/aromatic N) is 2. The average Bonchev–Trinajstić information content (AvgIpc) is 2.41. The molecule has 0 unspecified atom stereocenters. The molecule has 0 saturated heterocycles. The Hall–Kier alpha value is -1.28. The molecule has 1 aromatic heterocycles. The zero-order valence-corrected chi connectivity index (χ0v) is 8.54. The van der Waals surface area contributed by atoms with Gasteiger partial charge in [0, 0.05) is 13.1 Å². The molecular formula is C8H7BrN2O2. The minimum atomic E-state index is -0.473. The highest BCUT2D eigenvalue weighted by Gasteiger charge is 2.12. The summed E-state index contributed by atoms with van der Waals surface area (Å²) in [4.78, 5) is 11.2. The summed E-state index contributed by atoms with van der Waals surface area (Å²) >= 11 is 3.14. The molecule has 4 nitrogen and oxygen atoms in total. The van der Waals surface area contributed by atoms with Gasteiger partial charge in [0.25, 0.3) is 0 Å². The van der Waals surface area contributed by atoms with E-state index >= 15 is 0 Å². The van der Waals surface area contributed by atoms with E-state index < -0.39 is 5.97 Å². The lowest BCUT2D eigenvalue weighted by atomic mass is 10.4. The summed E-state index contributed by atoms with van der Waals surface area (Å²) in [5.74, 6) is 1.74. The van der Waals surface area contributed by atoms with Crippen molar-refractivity contribution in [2.75, 3.05) is 6.61 Å². The molecule has 0 bridgehead atoms. The Morgan fingerprint density at radius 2 is 2.62 bits per heavy atom. The van der Waals surface area contributed by atoms with Gasteiger partial charge in [-0.25, -0.2) is 4.79 Å². The first-order chi connectivity index (χ1) is 6.15. The van der Waals surface area contributed by atoms with Crippen LogP contribution in [0.15, 0.2) is 10.7 Å². The number of rotatable bonds is 2. The number of halogens is 1. The van der Waals surface area contributed by atoms with Crippen LogP contribution in [0.4, 0.5) is 0 Å². The summed E-state index contributed by atoms with van der Waals surface area (Å²) < 4.78 is 6.72. The Morgan fingerprint density at radius 1 is 1.92 bits per heavy atom. The molecule has 0 saturated carbocycles. The van der Waals surface area contributed by atoms with Crippen LogP contribution in [-0.2, 0) is 11.8 Å². The van der Waals surface area contributed by atoms with Crippen LogP contribution in [0, 0.1) is 12.3 Å². The fourth-order valence-electron chi connectivity index (χ4n) is 0.804. The van der Waals surface area contributed by atoms with Crippen molar-refractivity contribution in [1.29, 1.82) is 0 Å². The molecule has 1 aromatic rings. The highest BCUT2D eigenvalue weighted by atomic mass is 79.9. The molecule has 1 heterocycles. The number of carbonyl (C=O) groups excluding carboxylic acids is 1. The molecule has 5 heteroatoms. The molecule has 0 aliphatic carbocycles. The first-order valence-corrected chi connectivity index (χ1v) is 4.24. The van der Waals surface area contributed by atoms with Crippen molar-refractivity contribution >= 4 is 21.9 Å². The molecule has 0 aliphatic rings. The van der Waals surface area contributed by atoms with Crippen LogP contribution in [-0.4, -0.2) is 22.4 Å². The normalized spacial score (nSPS) is 9.31. The van der Waals surface area contributed by atoms with Crippen LogP contribution >= 0.6 is 15.9 Å². The summed E-state index contributed by atoms with van der Waals surface area (Å²) in [6, 6.07) is 1.57. The standard InChI is InChI=1S/C8H7BrN2O2/c1-3-4-13-8(12)6-5-7(9)10-11(6)2/h1,5H,4H2,2H3. The fraction of sp³-hybridized carbons (Fsp3) is 0.250. The van der Waals surface area contributed by atoms with E-state index in [1.165, 1.54) is 4.68 Å². The molecule has 0 atom stereocenters. The van der Waals surface area contributed by atoms with Gasteiger partial charge >= 0.3 is 5.97 Å². The Balaban J connectivity index is 2.78. The first kappa shape index (κ1) is 9.81. The third kappa shape index (κ3) is 2.33. The van der Waals surface area contributed by atoms with Crippen LogP contribution in [0.2, 0.25) is 0 Å². The topological polar surface area (TPSA) is 44.1 Å². The van der Waals surface area contributed by atoms with Crippen LogP contribution in [0.3, 0.4) is 0 Å². The number of aryl methyl sites for hydroxylation is 1. The van der Waals surface area contributed by atoms with E-state index in [1.54, 1.807) is 13.1 Å². The van der Waals surface area contributed by atoms with E-state index in [0.29, 0.717) is 10.3 Å². The molecule has 68 valence electrons. The number of esters is 1. The molecule has 1 rings (SSSR count). The fourth-order valence-corrected chi connectivity index (χ4v) is 1.26. The van der Waals surface area contributed by atoms with Crippen molar-refractivity contribution in [3.05, 3.63) is 16.4 Å². The third-order valence-electron chi connectivity index (χ3n) is 1.35. The molecule has 13 heavy (non-hydrogen) atoms. The summed E-state index contributed by atoms with van der Waals surface area (Å²) in [6.07, 6.45) is 4.94. The van der Waals surface area contributed by atoms with E-state index in [-0.39, 0.29) is 6.61 Å². The summed E-state index contributed by atoms with van der Waals surface area (Å²) in [5.41, 5.74) is 0.363. The van der Waals surface area contributed by atoms with Gasteiger partial charge < -0.3 is 4.74 Å². The van der Waals surface area contributed by atoms with Crippen molar-refractivity contribution < 1.29 is 9.53 Å². The lowest BCUT2D eigenvalue weighted by molar-refractivity contribution is 0.0544. The van der Waals surface area contributed by atoms with Crippen LogP contribution in [0.1, 0.15) is 10.5 Å². The Labute approximate surface area is 84.0 Å². The highest BCUT2D eigenvalue weighted by Crippen LogP contribution is 2.10. The lowest BCUT2D eigenvalue weighted by Crippen LogP contribution is -2.10. The quantitative estimate of drug-likeness (QED) is 0.574. The Bertz CT molecular complexity index is 365. The van der Waals surface area contributed by atoms with Gasteiger partial charge in [-0.15, -0.1) is 6.42 Å². The van der Waals surface area contributed by atoms with Crippen molar-refractivity contribution in [1.82, 2.24) is 9.78 Å². The number of terminal acetylenes is 1. The van der Waals surface area contributed by atoms with Gasteiger partial charge in [-0.1, -0.05) is 5.92 Å². The molecule has 0 aromatic carbocycles. The van der Waals surface area contributed by atoms with Crippen molar-refractivity contribution in [2.24, 2.45) is 7.05 Å². The number of hydrogen-bond acceptors (Lipinski definition) is 3. The predicted molar refractivity (Wildman–Crippen MR) is 50.0 cm³/mol. The molecule has 0 amide bonds. The van der Waals surface area contributed by atoms with E-state index in [2.05, 4.69) is 26.9 Å². The highest BCUT2D eigenvalue weighted by molar-refractivity contribution is 9.10. The minimum Gasteiger partial charge on any atom is -0.448 e. The maximum absolute atomic E-state index is 11.2. The maximum Gasteiger partial charge on any atom is 0.357 e. The van der Waals surface area contributed by atoms with E-state index in [1.807, 2.05) is 0 Å². The second-order valence-electron chi connectivity index (χ2n) is 2.26. The number of aromatic nitrogens is 2. The van der Waals surface area contributed by atoms with Crippen molar-refractivity contribution in [2.45, 2.75) is 0 Å². The smallest absolute Gasteiger partial charge is 0.357 e. The molecule has 0 N–H and O–H groups in total. The van der Waals surface area contributed by atoms with Crippen LogP contribution in [0.5, 0.6) is 0 Å². The lowest BCUT2D eigenvalue weighted by Gasteiger charge is -1.99. The zero-order valence-electron chi connectivity index (χ0n) is 6.95. The van der Waals surface area contributed by atoms with Crippen LogP contribution in [0.25, 0.3) is 0 Å². The number of hydrogen-bond donors (Lipinski definition) is 0. The van der Waals surface area contributed by atoms with E-state index in [0.717, 1.165) is 0 Å². The van der Waals surface area contributed by atoms with Crippen LogP contribution < -0.4 is 0 Å². The maximum atomic E-state index is 11.2. The zero-order chi connectivity index (χ0) is 9.84. The second-order valence-corrected chi connectivity index (χ2v) is 3.07. The second kappa shape index (κ2) is 4.10. The summed E-state index contributed by atoms with van der Waals surface area (Å²) in [5, 5.41) is 3.92. The van der Waals surface area contributed by atoms with Crippen molar-refractivity contribution in [3.63, 3.8) is 0 Å². The van der Waals surface area contributed by atoms with Gasteiger partial charge in [0.1, 0.15) is 10.3 Å². The van der Waals surface area contributed by atoms with Gasteiger partial charge in [-0.3, -0.25) is 4.68 Å². The van der Waals surface area contributed by atoms with Gasteiger partial charge in [-0.2, -0.15) is 5.10 Å². The predicted octanol–water partition coefficient (Wildman–Crippen LogP) is 0.973. The van der Waals surface area contributed by atoms with Gasteiger partial charge in [0.05, 0.1) is 0 Å². The third-order valence-corrected chi connectivity index (χ3v) is 1.73. The number of ether oxygens (including phenoxy) is 1. The van der Waals surface area contributed by atoms with Gasteiger partial charge in [0.2, 0.25) is 0 Å². The first-order valence-electron chi connectivity index (χ1n) is 3.45. The monoisotopic (exact) mass is 242 g/mol. The number of carbonyl (C=O) groups is 1. The van der Waals surface area contributed by atoms with E-state index in [9.17, 15) is 4.79 Å². The minimum absolute atomic E-state index is 0.0262. The van der Waals surface area contributed by atoms with Crippen molar-refractivity contribution in [3.8, 4) is 12.3 Å². The molecule has 0 spiro atoms. The molecule has 0 aliphatic heterocycles. The van der Waals surface area contributed by atoms with Gasteiger partial charge in [0.15, 0.2) is 6.61 Å². The average molecular weight is 243 g/mol. The molecular weight excluding hydrogens is 236 g/mol. The summed E-state index contributed by atoms with van der Waals surface area (Å²) in [7, 11) is 1.65. The Kier molecular flexibility index (Phi) is 3.09. The largest absolute Gasteiger partial charge is 0.448 e. The van der Waals surface area contributed by atoms with E-state index in [4.69, 9.17) is 11.2 Å². The molecule has 0 fully saturated rings. The summed E-state index contributed by atoms with van der Waals surface area (Å²) in [6.45, 7) is -0.0262. The molecule has 0 radical (unpaired) electrons.